The van der Waals surface area contributed by atoms with Crippen LogP contribution < -0.4 is 5.32 Å². The number of nitrogens with zero attached hydrogens (tertiary/aromatic N) is 4. The van der Waals surface area contributed by atoms with Gasteiger partial charge in [-0.15, -0.1) is 10.2 Å². The number of likely N-dealkylation sites (tertiary alicyclic amines) is 1. The fourth-order valence-corrected chi connectivity index (χ4v) is 6.65. The molecule has 168 valence electrons. The zero-order chi connectivity index (χ0) is 22.0. The Hall–Kier alpha value is -2.66. The van der Waals surface area contributed by atoms with Crippen molar-refractivity contribution in [1.29, 1.82) is 0 Å². The van der Waals surface area contributed by atoms with Gasteiger partial charge in [0.15, 0.2) is 0 Å². The van der Waals surface area contributed by atoms with Gasteiger partial charge in [0.25, 0.3) is 0 Å². The molecule has 2 saturated carbocycles. The van der Waals surface area contributed by atoms with Crippen LogP contribution in [0.3, 0.4) is 0 Å². The summed E-state index contributed by atoms with van der Waals surface area (Å²) in [5.74, 6) is -0.306. The normalized spacial score (nSPS) is 34.5. The summed E-state index contributed by atoms with van der Waals surface area (Å²) in [5.41, 5.74) is 0. The molecule has 0 aromatic carbocycles. The molecule has 4 fully saturated rings. The van der Waals surface area contributed by atoms with Crippen LogP contribution in [0.5, 0.6) is 0 Å². The number of hydrogen-bond acceptors (Lipinski definition) is 8. The van der Waals surface area contributed by atoms with Gasteiger partial charge >= 0.3 is 0 Å². The van der Waals surface area contributed by atoms with Crippen LogP contribution in [-0.4, -0.2) is 76.5 Å². The van der Waals surface area contributed by atoms with Gasteiger partial charge in [0.1, 0.15) is 11.6 Å². The number of carbonyl (C=O) groups is 4. The third kappa shape index (κ3) is 3.17. The van der Waals surface area contributed by atoms with Crippen molar-refractivity contribution >= 4 is 40.1 Å². The zero-order valence-electron chi connectivity index (χ0n) is 17.3. The molecule has 0 radical (unpaired) electrons. The third-order valence-electron chi connectivity index (χ3n) is 7.44. The summed E-state index contributed by atoms with van der Waals surface area (Å²) in [6.07, 6.45) is 5.42. The molecule has 3 heterocycles. The van der Waals surface area contributed by atoms with Gasteiger partial charge in [0, 0.05) is 13.1 Å². The summed E-state index contributed by atoms with van der Waals surface area (Å²) >= 11 is 1.12. The number of hydrogen-bond donors (Lipinski definition) is 1. The lowest BCUT2D eigenvalue weighted by Crippen LogP contribution is -2.41. The average molecular weight is 458 g/mol. The van der Waals surface area contributed by atoms with E-state index in [9.17, 15) is 19.2 Å². The standard InChI is InChI=1S/C21H23N5O5S/c27-14(22-21-24-23-15(32-21)8-16(28)25-3-5-31-6-4-25)9-26-19(29)17-10-1-2-11(13-7-12(10)13)18(17)20(26)30/h1-2,10-13,17-18H,3-9H2,(H,22,24,27)/t10-,11-,12-,13-,17+,18+/m0/s1. The minimum atomic E-state index is -0.488. The van der Waals surface area contributed by atoms with Crippen LogP contribution in [0.25, 0.3) is 0 Å². The van der Waals surface area contributed by atoms with Gasteiger partial charge in [-0.1, -0.05) is 23.5 Å². The molecule has 2 aliphatic heterocycles. The maximum Gasteiger partial charge on any atom is 0.246 e. The topological polar surface area (TPSA) is 122 Å². The van der Waals surface area contributed by atoms with Crippen molar-refractivity contribution in [2.75, 3.05) is 38.2 Å². The number of carbonyl (C=O) groups excluding carboxylic acids is 4. The number of allylic oxidation sites excluding steroid dienone is 2. The highest BCUT2D eigenvalue weighted by atomic mass is 32.1. The number of ether oxygens (including phenoxy) is 1. The zero-order valence-corrected chi connectivity index (χ0v) is 18.1. The second kappa shape index (κ2) is 7.45. The lowest BCUT2D eigenvalue weighted by atomic mass is 9.63. The van der Waals surface area contributed by atoms with Gasteiger partial charge in [0.05, 0.1) is 31.5 Å². The Morgan fingerprint density at radius 1 is 1.06 bits per heavy atom. The van der Waals surface area contributed by atoms with Crippen LogP contribution in [0.1, 0.15) is 11.4 Å². The number of amides is 4. The summed E-state index contributed by atoms with van der Waals surface area (Å²) in [7, 11) is 0. The molecule has 10 nitrogen and oxygen atoms in total. The van der Waals surface area contributed by atoms with Crippen molar-refractivity contribution in [3.8, 4) is 0 Å². The first-order valence-electron chi connectivity index (χ1n) is 11.0. The lowest BCUT2D eigenvalue weighted by Gasteiger charge is -2.37. The van der Waals surface area contributed by atoms with E-state index in [0.717, 1.165) is 22.7 Å². The molecular weight excluding hydrogens is 434 g/mol. The Kier molecular flexibility index (Phi) is 4.65. The fraction of sp³-hybridized carbons (Fsp3) is 0.619. The predicted molar refractivity (Wildman–Crippen MR) is 111 cm³/mol. The molecule has 7 rings (SSSR count). The molecule has 11 heteroatoms. The molecule has 4 amide bonds. The molecule has 1 aromatic heterocycles. The Morgan fingerprint density at radius 2 is 1.72 bits per heavy atom. The summed E-state index contributed by atoms with van der Waals surface area (Å²) < 4.78 is 5.25. The van der Waals surface area contributed by atoms with E-state index in [1.807, 2.05) is 0 Å². The molecule has 0 spiro atoms. The van der Waals surface area contributed by atoms with Gasteiger partial charge in [-0.2, -0.15) is 0 Å². The predicted octanol–water partition coefficient (Wildman–Crippen LogP) is -0.0690. The van der Waals surface area contributed by atoms with E-state index in [-0.39, 0.29) is 59.5 Å². The van der Waals surface area contributed by atoms with Crippen molar-refractivity contribution in [3.63, 3.8) is 0 Å². The van der Waals surface area contributed by atoms with E-state index in [4.69, 9.17) is 4.74 Å². The van der Waals surface area contributed by atoms with Crippen LogP contribution in [0.15, 0.2) is 12.2 Å². The third-order valence-corrected chi connectivity index (χ3v) is 8.27. The van der Waals surface area contributed by atoms with Crippen LogP contribution >= 0.6 is 11.3 Å². The Bertz CT molecular complexity index is 998. The minimum absolute atomic E-state index is 0.0560. The molecule has 4 aliphatic carbocycles. The van der Waals surface area contributed by atoms with E-state index >= 15 is 0 Å². The molecule has 6 atom stereocenters. The Balaban J connectivity index is 1.07. The smallest absolute Gasteiger partial charge is 0.246 e. The summed E-state index contributed by atoms with van der Waals surface area (Å²) in [6.45, 7) is 1.84. The molecule has 32 heavy (non-hydrogen) atoms. The second-order valence-corrected chi connectivity index (χ2v) is 10.2. The molecule has 0 unspecified atom stereocenters. The largest absolute Gasteiger partial charge is 0.378 e. The number of nitrogens with one attached hydrogen (secondary N) is 1. The van der Waals surface area contributed by atoms with Crippen molar-refractivity contribution in [3.05, 3.63) is 17.2 Å². The monoisotopic (exact) mass is 457 g/mol. The van der Waals surface area contributed by atoms with Gasteiger partial charge in [-0.3, -0.25) is 29.4 Å². The summed E-state index contributed by atoms with van der Waals surface area (Å²) in [6, 6.07) is 0. The van der Waals surface area contributed by atoms with E-state index in [0.29, 0.717) is 43.1 Å². The fourth-order valence-electron chi connectivity index (χ4n) is 5.91. The molecule has 6 aliphatic rings. The first kappa shape index (κ1) is 20.0. The minimum Gasteiger partial charge on any atom is -0.378 e. The number of anilines is 1. The highest BCUT2D eigenvalue weighted by Crippen LogP contribution is 2.65. The van der Waals surface area contributed by atoms with Gasteiger partial charge in [-0.25, -0.2) is 0 Å². The van der Waals surface area contributed by atoms with E-state index in [2.05, 4.69) is 27.7 Å². The Morgan fingerprint density at radius 3 is 2.38 bits per heavy atom. The molecular formula is C21H23N5O5S. The van der Waals surface area contributed by atoms with Gasteiger partial charge in [-0.05, 0) is 30.1 Å². The van der Waals surface area contributed by atoms with Gasteiger partial charge in [0.2, 0.25) is 28.8 Å². The van der Waals surface area contributed by atoms with Crippen molar-refractivity contribution in [1.82, 2.24) is 20.0 Å². The quantitative estimate of drug-likeness (QED) is 0.485. The molecule has 1 N–H and O–H groups in total. The maximum absolute atomic E-state index is 13.0. The first-order chi connectivity index (χ1) is 15.5. The molecule has 2 bridgehead atoms. The average Bonchev–Trinajstić information content (AvgIpc) is 3.47. The number of imide groups is 1. The highest BCUT2D eigenvalue weighted by Gasteiger charge is 2.67. The number of aromatic nitrogens is 2. The molecule has 1 aromatic rings. The summed E-state index contributed by atoms with van der Waals surface area (Å²) in [4.78, 5) is 53.7. The Labute approximate surface area is 188 Å². The van der Waals surface area contributed by atoms with Crippen LogP contribution in [0, 0.1) is 35.5 Å². The van der Waals surface area contributed by atoms with Crippen molar-refractivity contribution < 1.29 is 23.9 Å². The van der Waals surface area contributed by atoms with Gasteiger partial charge < -0.3 is 9.64 Å². The second-order valence-electron chi connectivity index (χ2n) is 9.14. The number of morpholine rings is 1. The summed E-state index contributed by atoms with van der Waals surface area (Å²) in [5, 5.41) is 11.3. The van der Waals surface area contributed by atoms with Crippen molar-refractivity contribution in [2.24, 2.45) is 35.5 Å². The van der Waals surface area contributed by atoms with Crippen LogP contribution in [0.4, 0.5) is 5.13 Å². The van der Waals surface area contributed by atoms with E-state index in [1.165, 1.54) is 0 Å². The molecule has 2 saturated heterocycles. The SMILES string of the molecule is O=C(CN1C(=O)[C@@H]2[C@H]3C=C[C@@H]([C@@H]4C[C@@H]34)[C@H]2C1=O)Nc1nnc(CC(=O)N2CCOCC2)s1. The van der Waals surface area contributed by atoms with Crippen LogP contribution in [-0.2, 0) is 30.3 Å². The maximum atomic E-state index is 13.0. The van der Waals surface area contributed by atoms with Crippen LogP contribution in [0.2, 0.25) is 0 Å². The van der Waals surface area contributed by atoms with E-state index < -0.39 is 5.91 Å². The lowest BCUT2D eigenvalue weighted by molar-refractivity contribution is -0.143. The van der Waals surface area contributed by atoms with E-state index in [1.54, 1.807) is 4.90 Å². The van der Waals surface area contributed by atoms with Crippen molar-refractivity contribution in [2.45, 2.75) is 12.8 Å². The number of rotatable bonds is 5. The highest BCUT2D eigenvalue weighted by molar-refractivity contribution is 7.15. The first-order valence-corrected chi connectivity index (χ1v) is 11.8.